The van der Waals surface area contributed by atoms with E-state index in [1.54, 1.807) is 12.1 Å². The molecule has 0 saturated carbocycles. The molecule has 18 heavy (non-hydrogen) atoms. The van der Waals surface area contributed by atoms with Gasteiger partial charge in [0.05, 0.1) is 0 Å². The monoisotopic (exact) mass is 241 g/mol. The van der Waals surface area contributed by atoms with E-state index in [2.05, 4.69) is 18.8 Å². The van der Waals surface area contributed by atoms with Crippen molar-refractivity contribution in [2.75, 3.05) is 0 Å². The van der Waals surface area contributed by atoms with Crippen molar-refractivity contribution < 1.29 is 9.53 Å². The molecule has 0 aliphatic carbocycles. The van der Waals surface area contributed by atoms with E-state index in [9.17, 15) is 4.79 Å². The quantitative estimate of drug-likeness (QED) is 0.764. The highest BCUT2D eigenvalue weighted by molar-refractivity contribution is 5.74. The highest BCUT2D eigenvalue weighted by Crippen LogP contribution is 2.29. The smallest absolute Gasteiger partial charge is 0.219 e. The maximum atomic E-state index is 10.5. The summed E-state index contributed by atoms with van der Waals surface area (Å²) in [5.41, 5.74) is 1.68. The van der Waals surface area contributed by atoms with E-state index in [4.69, 9.17) is 4.74 Å². The zero-order chi connectivity index (χ0) is 13.0. The fourth-order valence-electron chi connectivity index (χ4n) is 1.68. The molecule has 0 amide bonds. The van der Waals surface area contributed by atoms with Crippen molar-refractivity contribution in [3.05, 3.63) is 53.7 Å². The lowest BCUT2D eigenvalue weighted by molar-refractivity contribution is 0.112. The van der Waals surface area contributed by atoms with Gasteiger partial charge in [0.15, 0.2) is 6.29 Å². The van der Waals surface area contributed by atoms with Crippen molar-refractivity contribution in [3.63, 3.8) is 0 Å². The molecule has 0 saturated heterocycles. The lowest BCUT2D eigenvalue weighted by Crippen LogP contribution is -1.95. The summed E-state index contributed by atoms with van der Waals surface area (Å²) in [6.45, 7) is 4.23. The minimum atomic E-state index is 0.385. The van der Waals surface area contributed by atoms with Crippen LogP contribution in [-0.2, 0) is 0 Å². The Bertz CT molecular complexity index is 532. The average Bonchev–Trinajstić information content (AvgIpc) is 2.40. The topological polar surface area (TPSA) is 39.2 Å². The molecule has 0 fully saturated rings. The lowest BCUT2D eigenvalue weighted by atomic mass is 10.0. The summed E-state index contributed by atoms with van der Waals surface area (Å²) in [5, 5.41) is 0. The summed E-state index contributed by atoms with van der Waals surface area (Å²) in [6.07, 6.45) is 2.26. The molecule has 0 N–H and O–H groups in total. The average molecular weight is 241 g/mol. The molecule has 0 aliphatic heterocycles. The molecule has 1 aromatic heterocycles. The van der Waals surface area contributed by atoms with Gasteiger partial charge in [-0.05, 0) is 23.6 Å². The largest absolute Gasteiger partial charge is 0.439 e. The number of aldehydes is 1. The van der Waals surface area contributed by atoms with Crippen molar-refractivity contribution in [2.45, 2.75) is 19.8 Å². The van der Waals surface area contributed by atoms with E-state index in [1.165, 1.54) is 6.20 Å². The number of aromatic nitrogens is 1. The molecule has 0 aliphatic rings. The molecule has 92 valence electrons. The molecule has 3 nitrogen and oxygen atoms in total. The standard InChI is InChI=1S/C15H15NO2/c1-11(2)13-5-3-4-6-14(13)18-15-8-7-12(10-17)9-16-15/h3-11H,1-2H3. The molecule has 3 heteroatoms. The van der Waals surface area contributed by atoms with Crippen LogP contribution in [0.3, 0.4) is 0 Å². The fraction of sp³-hybridized carbons (Fsp3) is 0.200. The molecule has 1 aromatic carbocycles. The first-order chi connectivity index (χ1) is 8.70. The number of carbonyl (C=O) groups excluding carboxylic acids is 1. The third-order valence-electron chi connectivity index (χ3n) is 2.65. The van der Waals surface area contributed by atoms with Gasteiger partial charge in [0.1, 0.15) is 5.75 Å². The number of hydrogen-bond donors (Lipinski definition) is 0. The minimum Gasteiger partial charge on any atom is -0.439 e. The number of para-hydroxylation sites is 1. The third kappa shape index (κ3) is 2.74. The Morgan fingerprint density at radius 2 is 1.94 bits per heavy atom. The van der Waals surface area contributed by atoms with Crippen molar-refractivity contribution in [2.24, 2.45) is 0 Å². The Morgan fingerprint density at radius 3 is 2.56 bits per heavy atom. The number of nitrogens with zero attached hydrogens (tertiary/aromatic N) is 1. The van der Waals surface area contributed by atoms with Crippen LogP contribution in [-0.4, -0.2) is 11.3 Å². The third-order valence-corrected chi connectivity index (χ3v) is 2.65. The van der Waals surface area contributed by atoms with Gasteiger partial charge in [-0.25, -0.2) is 4.98 Å². The van der Waals surface area contributed by atoms with Crippen LogP contribution < -0.4 is 4.74 Å². The van der Waals surface area contributed by atoms with Gasteiger partial charge in [-0.1, -0.05) is 32.0 Å². The summed E-state index contributed by atoms with van der Waals surface area (Å²) >= 11 is 0. The molecule has 0 spiro atoms. The first-order valence-electron chi connectivity index (χ1n) is 5.88. The van der Waals surface area contributed by atoms with E-state index in [0.717, 1.165) is 17.6 Å². The number of benzene rings is 1. The van der Waals surface area contributed by atoms with Gasteiger partial charge in [-0.2, -0.15) is 0 Å². The summed E-state index contributed by atoms with van der Waals surface area (Å²) in [4.78, 5) is 14.6. The Labute approximate surface area is 106 Å². The Balaban J connectivity index is 2.25. The van der Waals surface area contributed by atoms with E-state index in [0.29, 0.717) is 17.4 Å². The first kappa shape index (κ1) is 12.3. The number of hydrogen-bond acceptors (Lipinski definition) is 3. The van der Waals surface area contributed by atoms with Crippen molar-refractivity contribution in [1.29, 1.82) is 0 Å². The van der Waals surface area contributed by atoms with Crippen LogP contribution in [0.2, 0.25) is 0 Å². The second-order valence-corrected chi connectivity index (χ2v) is 4.34. The molecule has 0 bridgehead atoms. The molecule has 2 rings (SSSR count). The van der Waals surface area contributed by atoms with E-state index < -0.39 is 0 Å². The van der Waals surface area contributed by atoms with Crippen molar-refractivity contribution in [1.82, 2.24) is 4.98 Å². The Hall–Kier alpha value is -2.16. The van der Waals surface area contributed by atoms with Crippen LogP contribution >= 0.6 is 0 Å². The lowest BCUT2D eigenvalue weighted by Gasteiger charge is -2.12. The van der Waals surface area contributed by atoms with Gasteiger partial charge < -0.3 is 4.74 Å². The number of pyridine rings is 1. The normalized spacial score (nSPS) is 10.4. The number of ether oxygens (including phenoxy) is 1. The second kappa shape index (κ2) is 5.45. The molecular formula is C15H15NO2. The van der Waals surface area contributed by atoms with Crippen molar-refractivity contribution in [3.8, 4) is 11.6 Å². The van der Waals surface area contributed by atoms with Crippen LogP contribution in [0.4, 0.5) is 0 Å². The predicted molar refractivity (Wildman–Crippen MR) is 70.2 cm³/mol. The predicted octanol–water partition coefficient (Wildman–Crippen LogP) is 3.81. The highest BCUT2D eigenvalue weighted by atomic mass is 16.5. The van der Waals surface area contributed by atoms with Gasteiger partial charge in [0, 0.05) is 17.8 Å². The van der Waals surface area contributed by atoms with Crippen LogP contribution in [0.15, 0.2) is 42.6 Å². The number of carbonyl (C=O) groups is 1. The molecule has 0 unspecified atom stereocenters. The molecule has 0 atom stereocenters. The highest BCUT2D eigenvalue weighted by Gasteiger charge is 2.08. The SMILES string of the molecule is CC(C)c1ccccc1Oc1ccc(C=O)cn1. The van der Waals surface area contributed by atoms with E-state index in [-0.39, 0.29) is 0 Å². The van der Waals surface area contributed by atoms with Gasteiger partial charge in [-0.15, -0.1) is 0 Å². The Kier molecular flexibility index (Phi) is 3.72. The molecule has 2 aromatic rings. The zero-order valence-electron chi connectivity index (χ0n) is 10.5. The molecule has 0 radical (unpaired) electrons. The first-order valence-corrected chi connectivity index (χ1v) is 5.88. The van der Waals surface area contributed by atoms with Gasteiger partial charge in [0.25, 0.3) is 0 Å². The zero-order valence-corrected chi connectivity index (χ0v) is 10.5. The maximum absolute atomic E-state index is 10.5. The van der Waals surface area contributed by atoms with E-state index >= 15 is 0 Å². The summed E-state index contributed by atoms with van der Waals surface area (Å²) in [5.74, 6) is 1.68. The fourth-order valence-corrected chi connectivity index (χ4v) is 1.68. The number of rotatable bonds is 4. The maximum Gasteiger partial charge on any atom is 0.219 e. The summed E-state index contributed by atoms with van der Waals surface area (Å²) in [6, 6.07) is 11.3. The van der Waals surface area contributed by atoms with Crippen LogP contribution in [0.1, 0.15) is 35.7 Å². The van der Waals surface area contributed by atoms with E-state index in [1.807, 2.05) is 24.3 Å². The van der Waals surface area contributed by atoms with Crippen molar-refractivity contribution >= 4 is 6.29 Å². The second-order valence-electron chi connectivity index (χ2n) is 4.34. The summed E-state index contributed by atoms with van der Waals surface area (Å²) in [7, 11) is 0. The van der Waals surface area contributed by atoms with Crippen LogP contribution in [0, 0.1) is 0 Å². The molecular weight excluding hydrogens is 226 g/mol. The van der Waals surface area contributed by atoms with Gasteiger partial charge in [0.2, 0.25) is 5.88 Å². The van der Waals surface area contributed by atoms with Crippen LogP contribution in [0.25, 0.3) is 0 Å². The van der Waals surface area contributed by atoms with Gasteiger partial charge >= 0.3 is 0 Å². The minimum absolute atomic E-state index is 0.385. The summed E-state index contributed by atoms with van der Waals surface area (Å²) < 4.78 is 5.74. The van der Waals surface area contributed by atoms with Crippen LogP contribution in [0.5, 0.6) is 11.6 Å². The Morgan fingerprint density at radius 1 is 1.17 bits per heavy atom. The van der Waals surface area contributed by atoms with Gasteiger partial charge in [-0.3, -0.25) is 4.79 Å². The molecule has 1 heterocycles.